The van der Waals surface area contributed by atoms with Crippen LogP contribution in [0.5, 0.6) is 0 Å². The van der Waals surface area contributed by atoms with Crippen molar-refractivity contribution in [2.45, 2.75) is 270 Å². The molecular weight excluding hydrogens is 2180 g/mol. The fraction of sp³-hybridized carbons (Fsp3) is 0.429. The van der Waals surface area contributed by atoms with Crippen LogP contribution in [0.1, 0.15) is 305 Å². The second kappa shape index (κ2) is 31.6. The number of rotatable bonds is 6. The van der Waals surface area contributed by atoms with Crippen LogP contribution >= 0.6 is 0 Å². The normalized spacial score (nSPS) is 27.8. The van der Waals surface area contributed by atoms with Gasteiger partial charge in [-0.25, -0.2) is 0 Å². The van der Waals surface area contributed by atoms with Gasteiger partial charge in [0.2, 0.25) is 0 Å². The zero-order valence-corrected chi connectivity index (χ0v) is 86.2. The van der Waals surface area contributed by atoms with E-state index in [0.717, 1.165) is 68.3 Å². The van der Waals surface area contributed by atoms with Crippen LogP contribution in [0, 0.1) is 32.5 Å². The first-order valence-electron chi connectivity index (χ1n) is 47.7. The van der Waals surface area contributed by atoms with Crippen LogP contribution in [0.4, 0.5) is 0 Å². The summed E-state index contributed by atoms with van der Waals surface area (Å²) in [5, 5.41) is 64.3. The van der Waals surface area contributed by atoms with Crippen LogP contribution < -0.4 is 30.6 Å². The minimum absolute atomic E-state index is 0. The van der Waals surface area contributed by atoms with Crippen LogP contribution in [0.25, 0.3) is 111 Å². The Hall–Kier alpha value is -9.86. The van der Waals surface area contributed by atoms with Crippen molar-refractivity contribution in [1.82, 2.24) is 91.1 Å². The molecule has 4 aromatic carbocycles. The summed E-state index contributed by atoms with van der Waals surface area (Å²) in [6.07, 6.45) is 26.2. The molecule has 0 N–H and O–H groups in total. The van der Waals surface area contributed by atoms with E-state index in [0.29, 0.717) is 35.5 Å². The quantitative estimate of drug-likeness (QED) is 0.150. The molecule has 12 aliphatic rings. The summed E-state index contributed by atoms with van der Waals surface area (Å²) in [7, 11) is 0. The maximum atomic E-state index is 4.68. The minimum atomic E-state index is 0. The van der Waals surface area contributed by atoms with Crippen molar-refractivity contribution in [2.24, 2.45) is 32.5 Å². The van der Waals surface area contributed by atoms with Crippen LogP contribution in [0.15, 0.2) is 195 Å². The SMILES string of the molecule is CC12CCC(c3c1n[n-]c3-c1cc3ccccc3cn1)C2(C)C.CC12CCC(c3c1n[n-]c3-c1cc3ccccc3cn1)C2(C)C.CC12CCC(c3c1n[n-]c3-c1ccccn1)C2(C)C.CC12CCC(c3c1n[n-]c3-c1ccccn1)C2(C)C.CC12CCC(c3c1n[n-]c3-c1nccc3ccccc13)C2(C)C.CC12CCC(c3c1n[n-]c3-c1nccc3ccccc13)C2(C)C.[Pt+2].[Pt+2].[Pt+2]. The predicted molar refractivity (Wildman–Crippen MR) is 513 cm³/mol. The monoisotopic (exact) mass is 2300 g/mol. The van der Waals surface area contributed by atoms with Gasteiger partial charge in [-0.3, -0.25) is 29.9 Å². The summed E-state index contributed by atoms with van der Waals surface area (Å²) in [6, 6.07) is 53.9. The topological polar surface area (TPSA) is 239 Å². The van der Waals surface area contributed by atoms with Crippen molar-refractivity contribution in [3.05, 3.63) is 262 Å². The fourth-order valence-corrected chi connectivity index (χ4v) is 28.1. The molecule has 12 aromatic heterocycles. The molecule has 28 rings (SSSR count). The Morgan fingerprint density at radius 2 is 0.459 bits per heavy atom. The van der Waals surface area contributed by atoms with Gasteiger partial charge >= 0.3 is 63.2 Å². The second-order valence-corrected chi connectivity index (χ2v) is 44.8. The van der Waals surface area contributed by atoms with E-state index in [1.165, 1.54) is 188 Å². The van der Waals surface area contributed by atoms with E-state index in [2.05, 4.69) is 325 Å². The standard InChI is InChI=1S/4C20H20N3.2C16H18N3.3Pt/c2*1-19(2)14-8-10-20(19,3)18-15(14)17(22-23-18)16-13-7-5-4-6-12(13)9-11-21-16;2*1-19(2)14-8-9-20(19,3)18-16(14)17(22-23-18)15-10-12-6-4-5-7-13(12)11-21-15;2*1-15(2)10-7-8-16(15,3)14-12(10)13(18-19-14)11-6-4-5-9-17-11;;;/h2*4-7,9,11,14H,8,10H2,1-3H3;2*4-7,10-11,14H,8-9H2,1-3H3;2*4-6,9-10H,7-8H2,1-3H3;;;/q6*-1;3*+2. The number of aromatic nitrogens is 18. The van der Waals surface area contributed by atoms with E-state index in [1.807, 2.05) is 85.7 Å². The van der Waals surface area contributed by atoms with Gasteiger partial charge in [0.1, 0.15) is 0 Å². The third-order valence-electron chi connectivity index (χ3n) is 38.5. The minimum Gasteiger partial charge on any atom is -0.573 e. The average Bonchev–Trinajstić information content (AvgIpc) is 1.55. The molecule has 18 nitrogen and oxygen atoms in total. The first-order chi connectivity index (χ1) is 62.2. The molecule has 12 bridgehead atoms. The molecule has 6 saturated carbocycles. The smallest absolute Gasteiger partial charge is 0.573 e. The molecule has 0 radical (unpaired) electrons. The van der Waals surface area contributed by atoms with Crippen molar-refractivity contribution in [3.8, 4) is 68.3 Å². The number of nitrogens with zero attached hydrogens (tertiary/aromatic N) is 18. The van der Waals surface area contributed by atoms with Gasteiger partial charge in [-0.2, -0.15) is 0 Å². The van der Waals surface area contributed by atoms with Gasteiger partial charge in [0, 0.05) is 137 Å². The van der Waals surface area contributed by atoms with Crippen molar-refractivity contribution in [3.63, 3.8) is 0 Å². The van der Waals surface area contributed by atoms with Crippen molar-refractivity contribution < 1.29 is 63.2 Å². The van der Waals surface area contributed by atoms with E-state index in [1.54, 1.807) is 0 Å². The van der Waals surface area contributed by atoms with Gasteiger partial charge < -0.3 is 61.2 Å². The molecule has 0 aliphatic heterocycles. The number of fused-ring (bicyclic) bond motifs is 34. The second-order valence-electron chi connectivity index (χ2n) is 44.8. The van der Waals surface area contributed by atoms with Gasteiger partial charge in [0.05, 0.1) is 22.8 Å². The summed E-state index contributed by atoms with van der Waals surface area (Å²) in [4.78, 5) is 27.6. The van der Waals surface area contributed by atoms with E-state index in [4.69, 9.17) is 0 Å². The molecule has 684 valence electrons. The summed E-state index contributed by atoms with van der Waals surface area (Å²) in [5.74, 6) is 3.38. The molecule has 12 atom stereocenters. The van der Waals surface area contributed by atoms with Gasteiger partial charge in [0.25, 0.3) is 0 Å². The Morgan fingerprint density at radius 1 is 0.226 bits per heavy atom. The number of hydrogen-bond donors (Lipinski definition) is 0. The number of benzene rings is 4. The van der Waals surface area contributed by atoms with Crippen molar-refractivity contribution in [2.75, 3.05) is 0 Å². The van der Waals surface area contributed by atoms with Crippen LogP contribution in [-0.2, 0) is 95.7 Å². The molecule has 133 heavy (non-hydrogen) atoms. The number of hydrogen-bond acceptors (Lipinski definition) is 12. The summed E-state index contributed by atoms with van der Waals surface area (Å²) >= 11 is 0. The molecule has 0 amide bonds. The molecule has 12 heterocycles. The zero-order valence-electron chi connectivity index (χ0n) is 79.4. The van der Waals surface area contributed by atoms with Gasteiger partial charge in [-0.05, 0) is 249 Å². The van der Waals surface area contributed by atoms with Crippen molar-refractivity contribution in [1.29, 1.82) is 0 Å². The van der Waals surface area contributed by atoms with E-state index >= 15 is 0 Å². The first kappa shape index (κ1) is 90.9. The summed E-state index contributed by atoms with van der Waals surface area (Å²) < 4.78 is 0. The Morgan fingerprint density at radius 3 is 0.729 bits per heavy atom. The molecule has 6 fully saturated rings. The molecule has 21 heteroatoms. The molecule has 0 spiro atoms. The third-order valence-corrected chi connectivity index (χ3v) is 38.5. The summed E-state index contributed by atoms with van der Waals surface area (Å²) in [5.41, 5.74) is 30.1. The van der Waals surface area contributed by atoms with Crippen LogP contribution in [0.3, 0.4) is 0 Å². The zero-order chi connectivity index (χ0) is 89.8. The van der Waals surface area contributed by atoms with Gasteiger partial charge in [-0.15, -0.1) is 0 Å². The van der Waals surface area contributed by atoms with E-state index < -0.39 is 0 Å². The Bertz CT molecular complexity index is 6800. The predicted octanol–water partition coefficient (Wildman–Crippen LogP) is 24.3. The molecule has 16 aromatic rings. The fourth-order valence-electron chi connectivity index (χ4n) is 28.1. The van der Waals surface area contributed by atoms with Crippen molar-refractivity contribution >= 4 is 43.1 Å². The van der Waals surface area contributed by atoms with Gasteiger partial charge in [0.15, 0.2) is 0 Å². The maximum Gasteiger partial charge on any atom is 2.00 e. The molecule has 12 aliphatic carbocycles. The Kier molecular flexibility index (Phi) is 21.6. The number of pyridine rings is 6. The molecule has 12 unspecified atom stereocenters. The van der Waals surface area contributed by atoms with E-state index in [9.17, 15) is 0 Å². The average molecular weight is 2300 g/mol. The molecular formula is C112H116N18Pt3. The first-order valence-corrected chi connectivity index (χ1v) is 47.7. The summed E-state index contributed by atoms with van der Waals surface area (Å²) in [6.45, 7) is 42.9. The van der Waals surface area contributed by atoms with Crippen LogP contribution in [-0.4, -0.2) is 60.5 Å². The third kappa shape index (κ3) is 12.5. The van der Waals surface area contributed by atoms with E-state index in [-0.39, 0.29) is 128 Å². The Balaban J connectivity index is 0.0000000990. The van der Waals surface area contributed by atoms with Crippen LogP contribution in [0.2, 0.25) is 0 Å². The largest absolute Gasteiger partial charge is 2.00 e. The molecule has 0 saturated heterocycles. The maximum absolute atomic E-state index is 4.68. The van der Waals surface area contributed by atoms with Gasteiger partial charge in [-0.1, -0.05) is 268 Å². The Labute approximate surface area is 823 Å².